The summed E-state index contributed by atoms with van der Waals surface area (Å²) in [7, 11) is 3.38. The second-order valence-electron chi connectivity index (χ2n) is 39.3. The number of aryl methyl sites for hydroxylation is 4. The summed E-state index contributed by atoms with van der Waals surface area (Å²) in [5, 5.41) is 23.5. The lowest BCUT2D eigenvalue weighted by Crippen LogP contribution is -2.43. The van der Waals surface area contributed by atoms with Gasteiger partial charge in [-0.2, -0.15) is 29.9 Å². The summed E-state index contributed by atoms with van der Waals surface area (Å²) in [6.07, 6.45) is 18.3. The fraction of sp³-hybridized carbons (Fsp3) is 0.566. The van der Waals surface area contributed by atoms with Crippen LogP contribution >= 0.6 is 0 Å². The average molecular weight is 1970 g/mol. The van der Waals surface area contributed by atoms with Crippen molar-refractivity contribution in [3.05, 3.63) is 136 Å². The molecule has 7 aromatic heterocycles. The van der Waals surface area contributed by atoms with Gasteiger partial charge >= 0.3 is 0 Å². The number of anilines is 8. The van der Waals surface area contributed by atoms with Gasteiger partial charge in [0.25, 0.3) is 0 Å². The van der Waals surface area contributed by atoms with Crippen molar-refractivity contribution in [2.24, 2.45) is 0 Å². The van der Waals surface area contributed by atoms with Crippen LogP contribution in [0.2, 0.25) is 0 Å². The van der Waals surface area contributed by atoms with Gasteiger partial charge in [0.05, 0.1) is 66.0 Å². The first kappa shape index (κ1) is 95.5. The average Bonchev–Trinajstić information content (AvgIpc) is 1.70. The molecule has 0 radical (unpaired) electrons. The molecule has 36 nitrogen and oxygen atoms in total. The Morgan fingerprint density at radius 2 is 0.806 bits per heavy atom. The number of nitrogens with one attached hydrogen (secondary N) is 4. The molecule has 13 aliphatic heterocycles. The molecule has 40 heteroatoms. The second kappa shape index (κ2) is 42.8. The van der Waals surface area contributed by atoms with Gasteiger partial charge in [-0.25, -0.2) is 19.9 Å². The lowest BCUT2D eigenvalue weighted by atomic mass is 9.94. The lowest BCUT2D eigenvalue weighted by molar-refractivity contribution is -0.132. The SMILES string of the molecule is CC(C)c1noc(C2CCN(c3nc4c(c(N[C@H]5CCC(=O)N(C)C5)n3)S(=O)CC4)CC2)n1.CN1CCc2ccc(OC3CCN(c4nc5c(c(NC6CCOCC6)n4)S(=O)CC5)CC3)cc2CC1.CN1C[C@@H](Nc2nc(N3CCC(c4cc5ccccc5o4)CC3)nc3c2S(=O)CC3)CCC1=O.CN1C[C@@H](Nc2nc(N3CCC(c4nc(-c5ccccc5)no4)CC3)nc3c2S(=O)CC3)CCC1=O. The van der Waals surface area contributed by atoms with Gasteiger partial charge in [-0.05, 0) is 126 Å². The van der Waals surface area contributed by atoms with E-state index in [0.717, 1.165) is 275 Å². The smallest absolute Gasteiger partial charge is 0.230 e. The van der Waals surface area contributed by atoms with Crippen LogP contribution in [0, 0.1) is 0 Å². The number of likely N-dealkylation sites (N-methyl/N-ethyl adjacent to an activating group) is 4. The Hall–Kier alpha value is -11.1. The van der Waals surface area contributed by atoms with E-state index in [2.05, 4.69) is 117 Å². The molecule has 3 aromatic carbocycles. The van der Waals surface area contributed by atoms with Crippen molar-refractivity contribution in [3.8, 4) is 17.1 Å². The van der Waals surface area contributed by atoms with Crippen molar-refractivity contribution in [1.82, 2.24) is 79.8 Å². The summed E-state index contributed by atoms with van der Waals surface area (Å²) >= 11 is 0. The van der Waals surface area contributed by atoms with Crippen LogP contribution in [0.5, 0.6) is 5.75 Å². The Kier molecular flexibility index (Phi) is 29.4. The predicted octanol–water partition coefficient (Wildman–Crippen LogP) is 10.8. The largest absolute Gasteiger partial charge is 0.490 e. The van der Waals surface area contributed by atoms with Gasteiger partial charge < -0.3 is 83.4 Å². The number of hydrogen-bond acceptors (Lipinski definition) is 33. The van der Waals surface area contributed by atoms with Crippen LogP contribution in [0.15, 0.2) is 112 Å². The number of para-hydroxylation sites is 1. The van der Waals surface area contributed by atoms with Gasteiger partial charge in [0.2, 0.25) is 59.1 Å². The van der Waals surface area contributed by atoms with E-state index in [1.54, 1.807) is 14.7 Å². The van der Waals surface area contributed by atoms with Crippen molar-refractivity contribution in [2.75, 3.05) is 190 Å². The Morgan fingerprint density at radius 1 is 0.396 bits per heavy atom. The van der Waals surface area contributed by atoms with Crippen molar-refractivity contribution < 1.29 is 54.2 Å². The molecule has 3 amide bonds. The minimum atomic E-state index is -1.10. The molecule has 13 aliphatic rings. The van der Waals surface area contributed by atoms with Gasteiger partial charge in [-0.3, -0.25) is 31.2 Å². The summed E-state index contributed by atoms with van der Waals surface area (Å²) < 4.78 is 80.0. The van der Waals surface area contributed by atoms with E-state index in [1.165, 1.54) is 11.1 Å². The van der Waals surface area contributed by atoms with E-state index < -0.39 is 43.2 Å². The molecular formula is C99H126N24O12S4. The topological polar surface area (TPSA) is 406 Å². The van der Waals surface area contributed by atoms with Gasteiger partial charge in [-0.15, -0.1) is 0 Å². The number of likely N-dealkylation sites (tertiary alicyclic amines) is 3. The molecule has 0 bridgehead atoms. The van der Waals surface area contributed by atoms with Crippen molar-refractivity contribution >= 4 is 119 Å². The van der Waals surface area contributed by atoms with Crippen molar-refractivity contribution in [3.63, 3.8) is 0 Å². The molecular weight excluding hydrogens is 1850 g/mol. The number of piperidine rings is 7. The third kappa shape index (κ3) is 22.0. The Labute approximate surface area is 819 Å². The first-order valence-corrected chi connectivity index (χ1v) is 55.1. The molecule has 0 spiro atoms. The number of hydrogen-bond donors (Lipinski definition) is 4. The molecule has 0 aliphatic carbocycles. The quantitative estimate of drug-likeness (QED) is 0.0584. The Balaban J connectivity index is 0.000000114. The molecule has 4 unspecified atom stereocenters. The number of rotatable bonds is 19. The molecule has 23 rings (SSSR count). The predicted molar refractivity (Wildman–Crippen MR) is 532 cm³/mol. The van der Waals surface area contributed by atoms with E-state index in [0.29, 0.717) is 140 Å². The zero-order chi connectivity index (χ0) is 95.5. The minimum absolute atomic E-state index is 0.0826. The van der Waals surface area contributed by atoms with Crippen LogP contribution in [0.4, 0.5) is 47.1 Å². The summed E-state index contributed by atoms with van der Waals surface area (Å²) in [5.41, 5.74) is 8.37. The van der Waals surface area contributed by atoms with Crippen LogP contribution in [-0.2, 0) is 101 Å². The highest BCUT2D eigenvalue weighted by molar-refractivity contribution is 7.86. The molecule has 738 valence electrons. The number of benzene rings is 3. The van der Waals surface area contributed by atoms with Gasteiger partial charge in [-0.1, -0.05) is 78.8 Å². The fourth-order valence-corrected chi connectivity index (χ4v) is 26.2. The molecule has 0 saturated carbocycles. The van der Waals surface area contributed by atoms with Crippen LogP contribution in [0.1, 0.15) is 198 Å². The molecule has 7 atom stereocenters. The first-order valence-electron chi connectivity index (χ1n) is 49.8. The maximum Gasteiger partial charge on any atom is 0.230 e. The van der Waals surface area contributed by atoms with E-state index in [4.69, 9.17) is 62.8 Å². The molecule has 4 N–H and O–H groups in total. The number of aromatic nitrogens is 12. The number of amides is 3. The highest BCUT2D eigenvalue weighted by Crippen LogP contribution is 2.42. The summed E-state index contributed by atoms with van der Waals surface area (Å²) in [6, 6.07) is 27.4. The van der Waals surface area contributed by atoms with E-state index in [1.807, 2.05) is 69.7 Å². The van der Waals surface area contributed by atoms with Crippen LogP contribution in [0.25, 0.3) is 22.4 Å². The number of carbonyl (C=O) groups excluding carboxylic acids is 3. The van der Waals surface area contributed by atoms with E-state index in [-0.39, 0.29) is 59.7 Å². The van der Waals surface area contributed by atoms with Gasteiger partial charge in [0.15, 0.2) is 5.82 Å². The number of fused-ring (bicyclic) bond motifs is 6. The lowest BCUT2D eigenvalue weighted by Gasteiger charge is -2.33. The third-order valence-corrected chi connectivity index (χ3v) is 35.1. The summed E-state index contributed by atoms with van der Waals surface area (Å²) in [5.74, 6) is 14.4. The fourth-order valence-electron chi connectivity index (χ4n) is 20.9. The van der Waals surface area contributed by atoms with E-state index in [9.17, 15) is 31.2 Å². The third-order valence-electron chi connectivity index (χ3n) is 29.2. The normalized spacial score (nSPS) is 23.4. The molecule has 8 fully saturated rings. The maximum atomic E-state index is 12.7. The van der Waals surface area contributed by atoms with Gasteiger partial charge in [0, 0.05) is 259 Å². The van der Waals surface area contributed by atoms with Gasteiger partial charge in [0.1, 0.15) is 66.1 Å². The maximum absolute atomic E-state index is 12.7. The minimum Gasteiger partial charge on any atom is -0.490 e. The number of furan rings is 1. The standard InChI is InChI=1S/C27H37N5O3S.C25H29N7O3S.C25H29N5O3S.C22H31N7O3S/c1-31-11-4-19-2-3-23(18-20(19)5-12-31)35-22-6-13-32(14-7-22)27-29-24-10-17-36(33)25(24)26(30-27)28-21-8-15-34-16-9-21;1-31-15-18(7-8-20(31)33)26-23-21-19(11-14-36(21)34)27-25(29-23)32-12-9-17(10-13-32)24-28-22(30-35-24)16-5-3-2-4-6-16;1-29-15-18(6-7-22(29)31)26-24-23-19(10-13-34(23)32)27-25(28-24)30-11-8-16(9-12-30)21-14-17-4-2-3-5-20(17)33-21;1-13(2)19-25-21(32-27-19)14-6-9-29(10-7-14)22-24-16-8-11-33(31)18(16)20(26-22)23-15-4-5-17(30)28(3)12-15/h2-3,18,21-22H,4-17H2,1H3,(H,28,29,30);2-6,17-18H,7-15H2,1H3,(H,26,27,29);2-5,14,16,18H,6-13,15H2,1H3,(H,26,27,28);13-15H,4-12H2,1-3H3,(H,23,24,26)/t;18-,36?;18-,34?;15-,33?/m.000/s1. The number of carbonyl (C=O) groups is 3. The summed E-state index contributed by atoms with van der Waals surface area (Å²) in [4.78, 5) is 103. The monoisotopic (exact) mass is 1970 g/mol. The van der Waals surface area contributed by atoms with Crippen molar-refractivity contribution in [1.29, 1.82) is 0 Å². The van der Waals surface area contributed by atoms with Crippen LogP contribution in [-0.4, -0.2) is 294 Å². The van der Waals surface area contributed by atoms with Crippen LogP contribution in [0.3, 0.4) is 0 Å². The Morgan fingerprint density at radius 3 is 1.24 bits per heavy atom. The highest BCUT2D eigenvalue weighted by Gasteiger charge is 2.40. The highest BCUT2D eigenvalue weighted by atomic mass is 32.2. The molecule has 8 saturated heterocycles. The Bertz CT molecular complexity index is 6180. The van der Waals surface area contributed by atoms with E-state index >= 15 is 0 Å². The number of nitrogens with zero attached hydrogens (tertiary/aromatic N) is 20. The second-order valence-corrected chi connectivity index (χ2v) is 45.3. The van der Waals surface area contributed by atoms with Crippen molar-refractivity contribution in [2.45, 2.75) is 229 Å². The first-order chi connectivity index (χ1) is 67.6. The molecule has 20 heterocycles. The molecule has 139 heavy (non-hydrogen) atoms. The molecule has 10 aromatic rings. The summed E-state index contributed by atoms with van der Waals surface area (Å²) in [6.45, 7) is 16.3. The number of ether oxygens (including phenoxy) is 2. The zero-order valence-electron chi connectivity index (χ0n) is 80.2. The zero-order valence-corrected chi connectivity index (χ0v) is 83.4. The van der Waals surface area contributed by atoms with Crippen LogP contribution < -0.4 is 45.6 Å².